The number of amides is 1. The first kappa shape index (κ1) is 16.5. The number of phenols is 1. The number of carboxylic acids is 1. The van der Waals surface area contributed by atoms with E-state index >= 15 is 0 Å². The van der Waals surface area contributed by atoms with Gasteiger partial charge in [0.25, 0.3) is 5.91 Å². The van der Waals surface area contributed by atoms with Crippen molar-refractivity contribution in [2.24, 2.45) is 0 Å². The highest BCUT2D eigenvalue weighted by atomic mass is 19.1. The van der Waals surface area contributed by atoms with E-state index in [9.17, 15) is 19.1 Å². The number of hydrogen-bond donors (Lipinski definition) is 3. The van der Waals surface area contributed by atoms with Gasteiger partial charge in [0.05, 0.1) is 0 Å². The molecule has 5 nitrogen and oxygen atoms in total. The van der Waals surface area contributed by atoms with Gasteiger partial charge >= 0.3 is 5.97 Å². The SMILES string of the molecule is CCCc1cc(NC(=O)c2cccc(F)c2)cc(O)c1C(=O)O. The number of aryl methyl sites for hydroxylation is 1. The number of benzene rings is 2. The highest BCUT2D eigenvalue weighted by molar-refractivity contribution is 6.05. The number of carbonyl (C=O) groups excluding carboxylic acids is 1. The van der Waals surface area contributed by atoms with Crippen molar-refractivity contribution in [1.82, 2.24) is 0 Å². The van der Waals surface area contributed by atoms with Gasteiger partial charge in [0.2, 0.25) is 0 Å². The van der Waals surface area contributed by atoms with Crippen LogP contribution >= 0.6 is 0 Å². The van der Waals surface area contributed by atoms with Gasteiger partial charge in [-0.15, -0.1) is 0 Å². The third-order valence-corrected chi connectivity index (χ3v) is 3.28. The first-order chi connectivity index (χ1) is 10.9. The molecule has 6 heteroatoms. The number of anilines is 1. The molecule has 0 spiro atoms. The van der Waals surface area contributed by atoms with E-state index < -0.39 is 23.4 Å². The minimum atomic E-state index is -1.23. The first-order valence-electron chi connectivity index (χ1n) is 7.08. The lowest BCUT2D eigenvalue weighted by molar-refractivity contribution is 0.0692. The molecule has 120 valence electrons. The number of rotatable bonds is 5. The topological polar surface area (TPSA) is 86.6 Å². The maximum Gasteiger partial charge on any atom is 0.339 e. The molecule has 0 fully saturated rings. The Hall–Kier alpha value is -2.89. The summed E-state index contributed by atoms with van der Waals surface area (Å²) in [6.45, 7) is 1.88. The van der Waals surface area contributed by atoms with Gasteiger partial charge in [-0.05, 0) is 36.2 Å². The lowest BCUT2D eigenvalue weighted by Gasteiger charge is -2.12. The van der Waals surface area contributed by atoms with Crippen molar-refractivity contribution in [3.8, 4) is 5.75 Å². The van der Waals surface area contributed by atoms with E-state index in [4.69, 9.17) is 5.11 Å². The van der Waals surface area contributed by atoms with E-state index in [-0.39, 0.29) is 16.8 Å². The van der Waals surface area contributed by atoms with Gasteiger partial charge in [0, 0.05) is 17.3 Å². The van der Waals surface area contributed by atoms with Crippen LogP contribution in [0, 0.1) is 5.82 Å². The molecule has 2 rings (SSSR count). The van der Waals surface area contributed by atoms with Gasteiger partial charge < -0.3 is 15.5 Å². The van der Waals surface area contributed by atoms with Crippen LogP contribution < -0.4 is 5.32 Å². The molecule has 0 atom stereocenters. The summed E-state index contributed by atoms with van der Waals surface area (Å²) in [7, 11) is 0. The van der Waals surface area contributed by atoms with Crippen LogP contribution in [-0.2, 0) is 6.42 Å². The second kappa shape index (κ2) is 6.91. The fourth-order valence-electron chi connectivity index (χ4n) is 2.30. The van der Waals surface area contributed by atoms with Gasteiger partial charge in [-0.3, -0.25) is 4.79 Å². The Kier molecular flexibility index (Phi) is 4.95. The predicted molar refractivity (Wildman–Crippen MR) is 83.4 cm³/mol. The molecule has 0 heterocycles. The van der Waals surface area contributed by atoms with E-state index in [0.717, 1.165) is 6.07 Å². The second-order valence-electron chi connectivity index (χ2n) is 5.05. The summed E-state index contributed by atoms with van der Waals surface area (Å²) >= 11 is 0. The zero-order chi connectivity index (χ0) is 17.0. The van der Waals surface area contributed by atoms with E-state index in [1.165, 1.54) is 30.3 Å². The number of aromatic hydroxyl groups is 1. The minimum Gasteiger partial charge on any atom is -0.507 e. The van der Waals surface area contributed by atoms with Crippen molar-refractivity contribution >= 4 is 17.6 Å². The third-order valence-electron chi connectivity index (χ3n) is 3.28. The maximum atomic E-state index is 13.2. The van der Waals surface area contributed by atoms with Crippen molar-refractivity contribution < 1.29 is 24.2 Å². The van der Waals surface area contributed by atoms with Crippen molar-refractivity contribution in [1.29, 1.82) is 0 Å². The average Bonchev–Trinajstić information content (AvgIpc) is 2.46. The number of halogens is 1. The zero-order valence-electron chi connectivity index (χ0n) is 12.5. The minimum absolute atomic E-state index is 0.129. The van der Waals surface area contributed by atoms with Crippen LogP contribution in [0.4, 0.5) is 10.1 Å². The Morgan fingerprint density at radius 2 is 1.96 bits per heavy atom. The molecule has 0 saturated carbocycles. The molecule has 0 aliphatic rings. The van der Waals surface area contributed by atoms with Crippen LogP contribution in [0.25, 0.3) is 0 Å². The van der Waals surface area contributed by atoms with E-state index in [1.54, 1.807) is 0 Å². The lowest BCUT2D eigenvalue weighted by Crippen LogP contribution is -2.13. The fraction of sp³-hybridized carbons (Fsp3) is 0.176. The van der Waals surface area contributed by atoms with Crippen LogP contribution in [0.15, 0.2) is 36.4 Å². The van der Waals surface area contributed by atoms with Crippen molar-refractivity contribution in [2.75, 3.05) is 5.32 Å². The Balaban J connectivity index is 2.33. The quantitative estimate of drug-likeness (QED) is 0.788. The summed E-state index contributed by atoms with van der Waals surface area (Å²) < 4.78 is 13.2. The molecule has 2 aromatic carbocycles. The molecule has 0 aliphatic carbocycles. The van der Waals surface area contributed by atoms with Gasteiger partial charge in [-0.1, -0.05) is 19.4 Å². The number of hydrogen-bond acceptors (Lipinski definition) is 3. The summed E-state index contributed by atoms with van der Waals surface area (Å²) in [5, 5.41) is 21.6. The van der Waals surface area contributed by atoms with Crippen molar-refractivity contribution in [2.45, 2.75) is 19.8 Å². The summed E-state index contributed by atoms with van der Waals surface area (Å²) in [5.74, 6) is -2.73. The Bertz CT molecular complexity index is 758. The Morgan fingerprint density at radius 1 is 1.22 bits per heavy atom. The normalized spacial score (nSPS) is 10.3. The van der Waals surface area contributed by atoms with Crippen LogP contribution in [0.5, 0.6) is 5.75 Å². The van der Waals surface area contributed by atoms with E-state index in [0.29, 0.717) is 18.4 Å². The zero-order valence-corrected chi connectivity index (χ0v) is 12.5. The molecule has 23 heavy (non-hydrogen) atoms. The molecule has 0 radical (unpaired) electrons. The number of carbonyl (C=O) groups is 2. The summed E-state index contributed by atoms with van der Waals surface area (Å²) in [4.78, 5) is 23.3. The standard InChI is InChI=1S/C17H16FNO4/c1-2-4-10-8-13(9-14(20)15(10)17(22)23)19-16(21)11-5-3-6-12(18)7-11/h3,5-9,20H,2,4H2,1H3,(H,19,21)(H,22,23). The number of nitrogens with one attached hydrogen (secondary N) is 1. The Morgan fingerprint density at radius 3 is 2.57 bits per heavy atom. The molecule has 0 saturated heterocycles. The molecular formula is C17H16FNO4. The van der Waals surface area contributed by atoms with Crippen LogP contribution in [-0.4, -0.2) is 22.1 Å². The third kappa shape index (κ3) is 3.85. The molecule has 2 aromatic rings. The predicted octanol–water partition coefficient (Wildman–Crippen LogP) is 3.43. The van der Waals surface area contributed by atoms with Crippen LogP contribution in [0.1, 0.15) is 39.6 Å². The van der Waals surface area contributed by atoms with Gasteiger partial charge in [-0.25, -0.2) is 9.18 Å². The van der Waals surface area contributed by atoms with E-state index in [1.807, 2.05) is 6.92 Å². The molecular weight excluding hydrogens is 301 g/mol. The molecule has 1 amide bonds. The number of carboxylic acid groups (broad SMARTS) is 1. The molecule has 0 unspecified atom stereocenters. The van der Waals surface area contributed by atoms with Crippen molar-refractivity contribution in [3.05, 3.63) is 58.9 Å². The fourth-order valence-corrected chi connectivity index (χ4v) is 2.30. The Labute approximate surface area is 132 Å². The van der Waals surface area contributed by atoms with E-state index in [2.05, 4.69) is 5.32 Å². The van der Waals surface area contributed by atoms with Crippen molar-refractivity contribution in [3.63, 3.8) is 0 Å². The first-order valence-corrected chi connectivity index (χ1v) is 7.08. The van der Waals surface area contributed by atoms with Gasteiger partial charge in [-0.2, -0.15) is 0 Å². The second-order valence-corrected chi connectivity index (χ2v) is 5.05. The highest BCUT2D eigenvalue weighted by Gasteiger charge is 2.17. The summed E-state index contributed by atoms with van der Waals surface area (Å²) in [5.41, 5.74) is 0.638. The smallest absolute Gasteiger partial charge is 0.339 e. The monoisotopic (exact) mass is 317 g/mol. The highest BCUT2D eigenvalue weighted by Crippen LogP contribution is 2.28. The molecule has 3 N–H and O–H groups in total. The lowest BCUT2D eigenvalue weighted by atomic mass is 10.0. The van der Waals surface area contributed by atoms with Gasteiger partial charge in [0.15, 0.2) is 0 Å². The number of aromatic carboxylic acids is 1. The average molecular weight is 317 g/mol. The molecule has 0 bridgehead atoms. The van der Waals surface area contributed by atoms with Crippen LogP contribution in [0.3, 0.4) is 0 Å². The molecule has 0 aliphatic heterocycles. The van der Waals surface area contributed by atoms with Gasteiger partial charge in [0.1, 0.15) is 17.1 Å². The maximum absolute atomic E-state index is 13.2. The summed E-state index contributed by atoms with van der Waals surface area (Å²) in [6.07, 6.45) is 1.12. The molecule has 0 aromatic heterocycles. The van der Waals surface area contributed by atoms with Crippen LogP contribution in [0.2, 0.25) is 0 Å². The largest absolute Gasteiger partial charge is 0.507 e. The summed E-state index contributed by atoms with van der Waals surface area (Å²) in [6, 6.07) is 7.86.